The molecule has 1 aliphatic heterocycles. The lowest BCUT2D eigenvalue weighted by Gasteiger charge is -2.10. The minimum Gasteiger partial charge on any atom is -0.478 e. The predicted octanol–water partition coefficient (Wildman–Crippen LogP) is 6.40. The van der Waals surface area contributed by atoms with E-state index in [9.17, 15) is 9.90 Å². The highest BCUT2D eigenvalue weighted by molar-refractivity contribution is 5.88. The summed E-state index contributed by atoms with van der Waals surface area (Å²) in [4.78, 5) is 27.1. The van der Waals surface area contributed by atoms with Crippen LogP contribution in [0.1, 0.15) is 50.6 Å². The third-order valence-corrected chi connectivity index (χ3v) is 9.70. The summed E-state index contributed by atoms with van der Waals surface area (Å²) < 4.78 is 0. The Morgan fingerprint density at radius 3 is 1.21 bits per heavy atom. The monoisotopic (exact) mass is 686 g/mol. The summed E-state index contributed by atoms with van der Waals surface area (Å²) in [6.07, 6.45) is 2.87. The van der Waals surface area contributed by atoms with Crippen molar-refractivity contribution in [3.63, 3.8) is 0 Å². The summed E-state index contributed by atoms with van der Waals surface area (Å²) in [5, 5.41) is 13.4. The zero-order chi connectivity index (χ0) is 35.7. The first-order valence-electron chi connectivity index (χ1n) is 17.5. The number of aromatic amines is 4. The van der Waals surface area contributed by atoms with E-state index in [1.807, 2.05) is 54.6 Å². The maximum atomic E-state index is 11.9. The molecule has 0 spiro atoms. The molecule has 6 heteroatoms. The van der Waals surface area contributed by atoms with Crippen molar-refractivity contribution in [3.8, 4) is 0 Å². The second kappa shape index (κ2) is 13.4. The number of carbonyl (C=O) groups is 1. The number of hydrogen-bond acceptors (Lipinski definition) is 1. The van der Waals surface area contributed by atoms with Crippen molar-refractivity contribution in [2.24, 2.45) is 0 Å². The number of nitrogens with one attached hydrogen (secondary N) is 4. The molecule has 0 amide bonds. The highest BCUT2D eigenvalue weighted by atomic mass is 16.4. The summed E-state index contributed by atoms with van der Waals surface area (Å²) in [7, 11) is 0. The smallest absolute Gasteiger partial charge is 0.328 e. The fourth-order valence-corrected chi connectivity index (χ4v) is 7.39. The maximum Gasteiger partial charge on any atom is 0.328 e. The predicted molar refractivity (Wildman–Crippen MR) is 211 cm³/mol. The molecule has 0 radical (unpaired) electrons. The van der Waals surface area contributed by atoms with Gasteiger partial charge in [-0.15, -0.1) is 0 Å². The molecule has 4 aromatic carbocycles. The Morgan fingerprint density at radius 2 is 0.792 bits per heavy atom. The molecule has 5 N–H and O–H groups in total. The molecule has 4 aromatic heterocycles. The number of fused-ring (bicyclic) bond motifs is 8. The van der Waals surface area contributed by atoms with Gasteiger partial charge in [0.15, 0.2) is 0 Å². The molecule has 0 fully saturated rings. The topological polar surface area (TPSA) is 100 Å². The van der Waals surface area contributed by atoms with Crippen molar-refractivity contribution in [3.05, 3.63) is 242 Å². The second-order valence-electron chi connectivity index (χ2n) is 13.0. The lowest BCUT2D eigenvalue weighted by atomic mass is 10.0. The van der Waals surface area contributed by atoms with Crippen molar-refractivity contribution < 1.29 is 9.90 Å². The third-order valence-electron chi connectivity index (χ3n) is 9.70. The molecule has 8 bridgehead atoms. The van der Waals surface area contributed by atoms with Crippen molar-refractivity contribution in [1.29, 1.82) is 0 Å². The highest BCUT2D eigenvalue weighted by Crippen LogP contribution is 2.28. The summed E-state index contributed by atoms with van der Waals surface area (Å²) >= 11 is 0. The minimum absolute atomic E-state index is 0.749. The van der Waals surface area contributed by atoms with Crippen LogP contribution in [0.2, 0.25) is 0 Å². The molecule has 0 unspecified atom stereocenters. The van der Waals surface area contributed by atoms with Crippen LogP contribution in [0.25, 0.3) is 28.4 Å². The molecule has 53 heavy (non-hydrogen) atoms. The number of aliphatic carboxylic acids is 1. The Kier molecular flexibility index (Phi) is 8.02. The van der Waals surface area contributed by atoms with Crippen LogP contribution in [0.4, 0.5) is 0 Å². The zero-order valence-electron chi connectivity index (χ0n) is 28.6. The van der Waals surface area contributed by atoms with Crippen LogP contribution in [-0.2, 0) is 4.79 Å². The zero-order valence-corrected chi connectivity index (χ0v) is 28.6. The average molecular weight is 687 g/mol. The van der Waals surface area contributed by atoms with Gasteiger partial charge in [0.25, 0.3) is 0 Å². The van der Waals surface area contributed by atoms with E-state index in [2.05, 4.69) is 129 Å². The normalized spacial score (nSPS) is 12.8. The van der Waals surface area contributed by atoms with Gasteiger partial charge in [0, 0.05) is 72.8 Å². The van der Waals surface area contributed by atoms with Crippen LogP contribution in [0, 0.1) is 0 Å². The van der Waals surface area contributed by atoms with Gasteiger partial charge in [0.05, 0.1) is 5.35 Å². The molecular weight excluding hydrogens is 653 g/mol. The van der Waals surface area contributed by atoms with Gasteiger partial charge in [-0.2, -0.15) is 0 Å². The first kappa shape index (κ1) is 31.7. The molecule has 6 nitrogen and oxygen atoms in total. The van der Waals surface area contributed by atoms with Crippen molar-refractivity contribution in [2.45, 2.75) is 0 Å². The minimum atomic E-state index is -1.02. The van der Waals surface area contributed by atoms with Gasteiger partial charge in [-0.25, -0.2) is 4.79 Å². The number of benzene rings is 4. The van der Waals surface area contributed by atoms with Crippen molar-refractivity contribution >= 4 is 34.3 Å². The van der Waals surface area contributed by atoms with Gasteiger partial charge in [-0.3, -0.25) is 0 Å². The fraction of sp³-hybridized carbons (Fsp3) is 0. The largest absolute Gasteiger partial charge is 0.478 e. The lowest BCUT2D eigenvalue weighted by molar-refractivity contribution is -0.131. The van der Waals surface area contributed by atoms with Gasteiger partial charge in [0.1, 0.15) is 0 Å². The third kappa shape index (κ3) is 5.98. The van der Waals surface area contributed by atoms with Gasteiger partial charge >= 0.3 is 5.97 Å². The molecule has 254 valence electrons. The summed E-state index contributed by atoms with van der Waals surface area (Å²) in [5.74, 6) is -1.02. The summed E-state index contributed by atoms with van der Waals surface area (Å²) in [6, 6.07) is 56.1. The number of carboxylic acid groups (broad SMARTS) is 1. The van der Waals surface area contributed by atoms with Crippen LogP contribution in [0.15, 0.2) is 170 Å². The molecule has 8 aromatic rings. The van der Waals surface area contributed by atoms with Crippen LogP contribution in [0.5, 0.6) is 0 Å². The van der Waals surface area contributed by atoms with E-state index in [4.69, 9.17) is 0 Å². The number of H-pyrrole nitrogens is 4. The Bertz CT molecular complexity index is 2890. The Hall–Kier alpha value is -7.31. The molecule has 9 rings (SSSR count). The van der Waals surface area contributed by atoms with E-state index < -0.39 is 5.97 Å². The van der Waals surface area contributed by atoms with Crippen molar-refractivity contribution in [1.82, 2.24) is 19.9 Å². The Morgan fingerprint density at radius 1 is 0.415 bits per heavy atom. The van der Waals surface area contributed by atoms with E-state index in [0.717, 1.165) is 94.3 Å². The molecular formula is C47H34N4O2. The maximum absolute atomic E-state index is 11.9. The fourth-order valence-electron chi connectivity index (χ4n) is 7.39. The molecule has 0 saturated heterocycles. The average Bonchev–Trinajstić information content (AvgIpc) is 4.03. The first-order chi connectivity index (χ1) is 26.1. The quantitative estimate of drug-likeness (QED) is 0.131. The summed E-state index contributed by atoms with van der Waals surface area (Å²) in [5.41, 5.74) is 12.5. The molecule has 0 aliphatic carbocycles. The number of aromatic nitrogens is 4. The molecule has 1 aliphatic rings. The van der Waals surface area contributed by atoms with Crippen molar-refractivity contribution in [2.75, 3.05) is 0 Å². The van der Waals surface area contributed by atoms with Gasteiger partial charge in [0.2, 0.25) is 0 Å². The Balaban J connectivity index is 1.48. The summed E-state index contributed by atoms with van der Waals surface area (Å²) in [6.45, 7) is 0. The van der Waals surface area contributed by atoms with Crippen LogP contribution < -0.4 is 21.4 Å². The van der Waals surface area contributed by atoms with Gasteiger partial charge in [-0.1, -0.05) is 121 Å². The standard InChI is InChI=1S/C47H34N4O2/c52-42(53)28-21-34-29-41-45(32-17-9-3-10-18-32)39-25-24-37(49-39)43(30-13-5-1-6-14-30)35-22-23-36(48-35)44(31-15-7-2-8-16-31)38-26-27-40(50-38)46(47(34)51-41)33-19-11-4-12-20-33/h1-29,48-51H,(H,52,53)/b28-21+,43-35?,43-37?,44-36?,44-38?,45-39?,45-41?,46-40?,47-46?. The molecule has 5 heterocycles. The van der Waals surface area contributed by atoms with Crippen LogP contribution in [0.3, 0.4) is 0 Å². The second-order valence-corrected chi connectivity index (χ2v) is 13.0. The van der Waals surface area contributed by atoms with Crippen LogP contribution >= 0.6 is 0 Å². The van der Waals surface area contributed by atoms with E-state index in [-0.39, 0.29) is 0 Å². The first-order valence-corrected chi connectivity index (χ1v) is 17.5. The van der Waals surface area contributed by atoms with E-state index >= 15 is 0 Å². The molecule has 0 atom stereocenters. The lowest BCUT2D eigenvalue weighted by Crippen LogP contribution is -2.19. The Labute approximate surface area is 305 Å². The SMILES string of the molecule is O=C(O)/C=C/c1cc2[nH]c1=C(c1ccccc1)c1ccc([nH]1)C(c1ccccc1)=c1ccc([nH]1)=C(c1ccccc1)c1ccc([nH]1)C=2c1ccccc1. The van der Waals surface area contributed by atoms with E-state index in [1.165, 1.54) is 6.08 Å². The highest BCUT2D eigenvalue weighted by Gasteiger charge is 2.19. The van der Waals surface area contributed by atoms with E-state index in [1.54, 1.807) is 6.08 Å². The number of carboxylic acids is 1. The molecule has 0 saturated carbocycles. The van der Waals surface area contributed by atoms with Gasteiger partial charge in [-0.05, 0) is 70.8 Å². The number of hydrogen-bond donors (Lipinski definition) is 5. The van der Waals surface area contributed by atoms with Crippen LogP contribution in [-0.4, -0.2) is 31.0 Å². The number of rotatable bonds is 6. The van der Waals surface area contributed by atoms with E-state index in [0.29, 0.717) is 0 Å². The van der Waals surface area contributed by atoms with Gasteiger partial charge < -0.3 is 25.0 Å².